The lowest BCUT2D eigenvalue weighted by molar-refractivity contribution is -0.385. The number of hydrogen-bond donors (Lipinski definition) is 0. The van der Waals surface area contributed by atoms with Gasteiger partial charge in [-0.05, 0) is 37.1 Å². The number of halogens is 2. The second-order valence-electron chi connectivity index (χ2n) is 5.78. The van der Waals surface area contributed by atoms with E-state index in [-0.39, 0.29) is 41.1 Å². The number of nitrogens with zero attached hydrogens (tertiary/aromatic N) is 1. The van der Waals surface area contributed by atoms with Crippen molar-refractivity contribution in [3.8, 4) is 11.5 Å². The summed E-state index contributed by atoms with van der Waals surface area (Å²) in [7, 11) is 1.29. The molecule has 0 saturated heterocycles. The molecule has 0 spiro atoms. The van der Waals surface area contributed by atoms with Crippen molar-refractivity contribution in [2.24, 2.45) is 0 Å². The summed E-state index contributed by atoms with van der Waals surface area (Å²) in [5.41, 5.74) is -0.676. The van der Waals surface area contributed by atoms with Gasteiger partial charge < -0.3 is 14.2 Å². The summed E-state index contributed by atoms with van der Waals surface area (Å²) < 4.78 is 15.2. The second-order valence-corrected chi connectivity index (χ2v) is 6.63. The van der Waals surface area contributed by atoms with Crippen molar-refractivity contribution in [3.05, 3.63) is 62.1 Å². The van der Waals surface area contributed by atoms with Gasteiger partial charge in [0.1, 0.15) is 17.1 Å². The summed E-state index contributed by atoms with van der Waals surface area (Å²) in [6.45, 7) is 0.00107. The van der Waals surface area contributed by atoms with Crippen LogP contribution in [0.15, 0.2) is 36.4 Å². The number of benzene rings is 2. The maximum atomic E-state index is 12.3. The Morgan fingerprint density at radius 3 is 2.52 bits per heavy atom. The van der Waals surface area contributed by atoms with Gasteiger partial charge in [-0.25, -0.2) is 4.79 Å². The van der Waals surface area contributed by atoms with Gasteiger partial charge in [-0.1, -0.05) is 23.2 Å². The van der Waals surface area contributed by atoms with Gasteiger partial charge >= 0.3 is 11.9 Å². The van der Waals surface area contributed by atoms with Crippen molar-refractivity contribution < 1.29 is 28.7 Å². The van der Waals surface area contributed by atoms with Gasteiger partial charge in [0, 0.05) is 23.6 Å². The Morgan fingerprint density at radius 1 is 1.10 bits per heavy atom. The molecule has 2 aromatic rings. The van der Waals surface area contributed by atoms with Gasteiger partial charge in [-0.15, -0.1) is 0 Å². The van der Waals surface area contributed by atoms with Crippen LogP contribution >= 0.6 is 23.2 Å². The maximum Gasteiger partial charge on any atom is 0.345 e. The molecule has 154 valence electrons. The number of carbonyl (C=O) groups is 2. The van der Waals surface area contributed by atoms with Crippen molar-refractivity contribution in [1.82, 2.24) is 0 Å². The minimum Gasteiger partial charge on any atom is -0.469 e. The molecule has 0 fully saturated rings. The largest absolute Gasteiger partial charge is 0.469 e. The van der Waals surface area contributed by atoms with Crippen LogP contribution in [0.3, 0.4) is 0 Å². The number of carbonyl (C=O) groups excluding carboxylic acids is 2. The first-order valence-corrected chi connectivity index (χ1v) is 9.22. The molecule has 0 heterocycles. The fourth-order valence-corrected chi connectivity index (χ4v) is 2.75. The normalized spacial score (nSPS) is 10.3. The van der Waals surface area contributed by atoms with E-state index in [9.17, 15) is 19.7 Å². The van der Waals surface area contributed by atoms with E-state index in [1.807, 2.05) is 0 Å². The van der Waals surface area contributed by atoms with Crippen LogP contribution in [0.5, 0.6) is 11.5 Å². The third-order valence-electron chi connectivity index (χ3n) is 3.74. The minimum atomic E-state index is -0.873. The predicted octanol–water partition coefficient (Wildman–Crippen LogP) is 5.19. The van der Waals surface area contributed by atoms with E-state index in [2.05, 4.69) is 4.74 Å². The summed E-state index contributed by atoms with van der Waals surface area (Å²) in [5, 5.41) is 11.9. The van der Waals surface area contributed by atoms with Crippen LogP contribution in [-0.4, -0.2) is 30.6 Å². The zero-order chi connectivity index (χ0) is 21.4. The van der Waals surface area contributed by atoms with E-state index in [4.69, 9.17) is 32.7 Å². The van der Waals surface area contributed by atoms with Gasteiger partial charge in [0.2, 0.25) is 0 Å². The quantitative estimate of drug-likeness (QED) is 0.228. The highest BCUT2D eigenvalue weighted by atomic mass is 35.5. The van der Waals surface area contributed by atoms with Crippen molar-refractivity contribution in [2.75, 3.05) is 13.7 Å². The Balaban J connectivity index is 2.10. The van der Waals surface area contributed by atoms with Crippen molar-refractivity contribution >= 4 is 40.8 Å². The standard InChI is InChI=1S/C19H17Cl2NO7/c1-27-18(23)4-2-3-9-28-19(24)14-11-13(6-7-16(14)22(25)26)29-17-8-5-12(20)10-15(17)21/h5-8,10-11H,2-4,9H2,1H3. The molecule has 0 N–H and O–H groups in total. The molecule has 0 aliphatic rings. The number of nitro groups is 1. The fraction of sp³-hybridized carbons (Fsp3) is 0.263. The molecule has 0 atom stereocenters. The van der Waals surface area contributed by atoms with E-state index in [0.29, 0.717) is 17.9 Å². The van der Waals surface area contributed by atoms with E-state index in [1.165, 1.54) is 31.4 Å². The zero-order valence-electron chi connectivity index (χ0n) is 15.4. The van der Waals surface area contributed by atoms with Crippen molar-refractivity contribution in [3.63, 3.8) is 0 Å². The molecule has 0 aromatic heterocycles. The second kappa shape index (κ2) is 10.6. The Hall–Kier alpha value is -2.84. The first-order valence-electron chi connectivity index (χ1n) is 8.47. The highest BCUT2D eigenvalue weighted by Crippen LogP contribution is 2.33. The molecule has 0 aliphatic carbocycles. The molecule has 10 heteroatoms. The van der Waals surface area contributed by atoms with Crippen LogP contribution in [0.25, 0.3) is 0 Å². The van der Waals surface area contributed by atoms with E-state index in [1.54, 1.807) is 6.07 Å². The Labute approximate surface area is 176 Å². The molecule has 29 heavy (non-hydrogen) atoms. The fourth-order valence-electron chi connectivity index (χ4n) is 2.30. The Bertz CT molecular complexity index is 917. The SMILES string of the molecule is COC(=O)CCCCOC(=O)c1cc(Oc2ccc(Cl)cc2Cl)ccc1[N+](=O)[O-]. The summed E-state index contributed by atoms with van der Waals surface area (Å²) in [6.07, 6.45) is 1.06. The number of esters is 2. The molecule has 0 radical (unpaired) electrons. The minimum absolute atomic E-state index is 0.00107. The van der Waals surface area contributed by atoms with Crippen LogP contribution in [0.4, 0.5) is 5.69 Å². The van der Waals surface area contributed by atoms with Gasteiger partial charge in [-0.2, -0.15) is 0 Å². The monoisotopic (exact) mass is 441 g/mol. The topological polar surface area (TPSA) is 105 Å². The predicted molar refractivity (Wildman–Crippen MR) is 106 cm³/mol. The van der Waals surface area contributed by atoms with E-state index >= 15 is 0 Å². The smallest absolute Gasteiger partial charge is 0.345 e. The molecular formula is C19H17Cl2NO7. The van der Waals surface area contributed by atoms with E-state index in [0.717, 1.165) is 6.07 Å². The molecule has 0 aliphatic heterocycles. The van der Waals surface area contributed by atoms with Gasteiger partial charge in [0.25, 0.3) is 5.69 Å². The Kier molecular flexibility index (Phi) is 8.23. The maximum absolute atomic E-state index is 12.3. The van der Waals surface area contributed by atoms with Crippen molar-refractivity contribution in [1.29, 1.82) is 0 Å². The summed E-state index contributed by atoms with van der Waals surface area (Å²) >= 11 is 11.9. The van der Waals surface area contributed by atoms with Gasteiger partial charge in [0.15, 0.2) is 0 Å². The van der Waals surface area contributed by atoms with Gasteiger partial charge in [0.05, 0.1) is 23.7 Å². The molecule has 8 nitrogen and oxygen atoms in total. The molecule has 2 aromatic carbocycles. The number of hydrogen-bond acceptors (Lipinski definition) is 7. The van der Waals surface area contributed by atoms with Crippen LogP contribution in [0, 0.1) is 10.1 Å². The first kappa shape index (κ1) is 22.4. The highest BCUT2D eigenvalue weighted by Gasteiger charge is 2.23. The lowest BCUT2D eigenvalue weighted by Gasteiger charge is -2.10. The lowest BCUT2D eigenvalue weighted by atomic mass is 10.1. The number of unbranched alkanes of at least 4 members (excludes halogenated alkanes) is 1. The highest BCUT2D eigenvalue weighted by molar-refractivity contribution is 6.35. The molecule has 0 amide bonds. The van der Waals surface area contributed by atoms with Crippen LogP contribution in [-0.2, 0) is 14.3 Å². The number of nitro benzene ring substituents is 1. The number of methoxy groups -OCH3 is 1. The molecule has 0 saturated carbocycles. The van der Waals surface area contributed by atoms with Crippen LogP contribution in [0.2, 0.25) is 10.0 Å². The average Bonchev–Trinajstić information content (AvgIpc) is 2.69. The third-order valence-corrected chi connectivity index (χ3v) is 4.27. The van der Waals surface area contributed by atoms with Gasteiger partial charge in [-0.3, -0.25) is 14.9 Å². The molecule has 2 rings (SSSR count). The molecule has 0 bridgehead atoms. The zero-order valence-corrected chi connectivity index (χ0v) is 16.9. The lowest BCUT2D eigenvalue weighted by Crippen LogP contribution is -2.10. The first-order chi connectivity index (χ1) is 13.8. The average molecular weight is 442 g/mol. The third kappa shape index (κ3) is 6.62. The summed E-state index contributed by atoms with van der Waals surface area (Å²) in [4.78, 5) is 33.9. The molecular weight excluding hydrogens is 425 g/mol. The summed E-state index contributed by atoms with van der Waals surface area (Å²) in [5.74, 6) is -0.801. The number of ether oxygens (including phenoxy) is 3. The van der Waals surface area contributed by atoms with Crippen LogP contribution in [0.1, 0.15) is 29.6 Å². The Morgan fingerprint density at radius 2 is 1.86 bits per heavy atom. The van der Waals surface area contributed by atoms with E-state index < -0.39 is 16.6 Å². The number of rotatable bonds is 9. The van der Waals surface area contributed by atoms with Crippen molar-refractivity contribution in [2.45, 2.75) is 19.3 Å². The summed E-state index contributed by atoms with van der Waals surface area (Å²) in [6, 6.07) is 8.28. The molecule has 0 unspecified atom stereocenters. The van der Waals surface area contributed by atoms with Crippen LogP contribution < -0.4 is 4.74 Å².